The van der Waals surface area contributed by atoms with Crippen LogP contribution in [0.1, 0.15) is 53.2 Å². The largest absolute Gasteiger partial charge is 0.478 e. The fourth-order valence-corrected chi connectivity index (χ4v) is 2.96. The molecule has 0 radical (unpaired) electrons. The summed E-state index contributed by atoms with van der Waals surface area (Å²) in [5.41, 5.74) is 2.98. The normalized spacial score (nSPS) is 15.7. The van der Waals surface area contributed by atoms with Crippen LogP contribution in [0.2, 0.25) is 0 Å². The summed E-state index contributed by atoms with van der Waals surface area (Å²) in [5.74, 6) is -0.927. The Balaban J connectivity index is 1.79. The van der Waals surface area contributed by atoms with Crippen molar-refractivity contribution in [3.8, 4) is 0 Å². The number of carboxylic acid groups (broad SMARTS) is 1. The van der Waals surface area contributed by atoms with Gasteiger partial charge in [0.25, 0.3) is 0 Å². The molecule has 0 saturated heterocycles. The molecule has 1 aliphatic rings. The number of aromatic carboxylic acids is 1. The molecule has 3 rings (SSSR count). The van der Waals surface area contributed by atoms with E-state index in [1.807, 2.05) is 6.92 Å². The number of aryl methyl sites for hydroxylation is 1. The van der Waals surface area contributed by atoms with Gasteiger partial charge in [-0.1, -0.05) is 18.9 Å². The molecule has 1 aromatic heterocycles. The molecule has 1 aromatic carbocycles. The number of carbonyl (C=O) groups is 1. The second kappa shape index (κ2) is 6.18. The van der Waals surface area contributed by atoms with E-state index in [0.717, 1.165) is 11.1 Å². The van der Waals surface area contributed by atoms with Crippen LogP contribution in [0.3, 0.4) is 0 Å². The Labute approximate surface area is 130 Å². The molecule has 1 aliphatic carbocycles. The summed E-state index contributed by atoms with van der Waals surface area (Å²) in [7, 11) is 0. The van der Waals surface area contributed by atoms with Crippen LogP contribution in [0.25, 0.3) is 0 Å². The Morgan fingerprint density at radius 3 is 2.82 bits per heavy atom. The van der Waals surface area contributed by atoms with Crippen LogP contribution >= 0.6 is 0 Å². The van der Waals surface area contributed by atoms with Crippen molar-refractivity contribution >= 4 is 17.9 Å². The Morgan fingerprint density at radius 1 is 1.32 bits per heavy atom. The quantitative estimate of drug-likeness (QED) is 0.852. The molecule has 1 saturated carbocycles. The number of hydrogen-bond acceptors (Lipinski definition) is 2. The fraction of sp³-hybridized carbons (Fsp3) is 0.333. The lowest BCUT2D eigenvalue weighted by atomic mass is 10.1. The highest BCUT2D eigenvalue weighted by molar-refractivity contribution is 5.89. The van der Waals surface area contributed by atoms with Crippen LogP contribution in [0, 0.1) is 6.92 Å². The third-order valence-corrected chi connectivity index (χ3v) is 4.29. The molecule has 0 atom stereocenters. The molecule has 1 heterocycles. The molecule has 4 heteroatoms. The van der Waals surface area contributed by atoms with Gasteiger partial charge in [-0.15, -0.1) is 0 Å². The molecule has 114 valence electrons. The molecule has 0 spiro atoms. The van der Waals surface area contributed by atoms with E-state index < -0.39 is 5.97 Å². The Kier molecular flexibility index (Phi) is 4.09. The van der Waals surface area contributed by atoms with Gasteiger partial charge in [-0.25, -0.2) is 4.79 Å². The van der Waals surface area contributed by atoms with E-state index in [1.54, 1.807) is 24.4 Å². The average molecular weight is 296 g/mol. The summed E-state index contributed by atoms with van der Waals surface area (Å²) in [6.45, 7) is 1.93. The molecule has 1 fully saturated rings. The summed E-state index contributed by atoms with van der Waals surface area (Å²) in [4.78, 5) is 15.5. The van der Waals surface area contributed by atoms with Gasteiger partial charge in [0.15, 0.2) is 0 Å². The summed E-state index contributed by atoms with van der Waals surface area (Å²) < 4.78 is 2.27. The first-order valence-electron chi connectivity index (χ1n) is 7.69. The Bertz CT molecular complexity index is 710. The molecular formula is C18H20N2O2. The van der Waals surface area contributed by atoms with Gasteiger partial charge in [0.2, 0.25) is 0 Å². The van der Waals surface area contributed by atoms with Gasteiger partial charge in [-0.3, -0.25) is 4.99 Å². The molecule has 4 nitrogen and oxygen atoms in total. The second-order valence-corrected chi connectivity index (χ2v) is 5.89. The highest BCUT2D eigenvalue weighted by atomic mass is 16.4. The highest BCUT2D eigenvalue weighted by Crippen LogP contribution is 2.29. The number of carboxylic acids is 1. The van der Waals surface area contributed by atoms with Crippen molar-refractivity contribution in [3.63, 3.8) is 0 Å². The zero-order valence-electron chi connectivity index (χ0n) is 12.7. The maximum atomic E-state index is 11.0. The molecule has 0 amide bonds. The minimum atomic E-state index is -0.927. The van der Waals surface area contributed by atoms with E-state index in [4.69, 9.17) is 5.11 Å². The van der Waals surface area contributed by atoms with E-state index in [1.165, 1.54) is 25.7 Å². The van der Waals surface area contributed by atoms with Crippen LogP contribution in [0.15, 0.2) is 41.7 Å². The molecule has 0 unspecified atom stereocenters. The lowest BCUT2D eigenvalue weighted by molar-refractivity contribution is 0.0697. The minimum Gasteiger partial charge on any atom is -0.478 e. The lowest BCUT2D eigenvalue weighted by Crippen LogP contribution is -2.00. The number of hydrogen-bond donors (Lipinski definition) is 1. The molecule has 0 aliphatic heterocycles. The third kappa shape index (κ3) is 3.11. The van der Waals surface area contributed by atoms with Crippen LogP contribution in [0.4, 0.5) is 5.69 Å². The van der Waals surface area contributed by atoms with Crippen molar-refractivity contribution in [3.05, 3.63) is 53.3 Å². The maximum absolute atomic E-state index is 11.0. The molecule has 2 aromatic rings. The predicted molar refractivity (Wildman–Crippen MR) is 87.3 cm³/mol. The third-order valence-electron chi connectivity index (χ3n) is 4.29. The number of rotatable bonds is 4. The van der Waals surface area contributed by atoms with E-state index in [-0.39, 0.29) is 5.56 Å². The predicted octanol–water partition coefficient (Wildman–Crippen LogP) is 4.36. The zero-order chi connectivity index (χ0) is 15.5. The average Bonchev–Trinajstić information content (AvgIpc) is 3.17. The summed E-state index contributed by atoms with van der Waals surface area (Å²) >= 11 is 0. The van der Waals surface area contributed by atoms with E-state index in [0.29, 0.717) is 11.7 Å². The Hall–Kier alpha value is -2.36. The lowest BCUT2D eigenvalue weighted by Gasteiger charge is -2.10. The summed E-state index contributed by atoms with van der Waals surface area (Å²) in [6.07, 6.45) is 11.2. The van der Waals surface area contributed by atoms with Gasteiger partial charge < -0.3 is 9.67 Å². The summed E-state index contributed by atoms with van der Waals surface area (Å²) in [5, 5.41) is 9.05. The highest BCUT2D eigenvalue weighted by Gasteiger charge is 2.15. The SMILES string of the molecule is Cc1ccc(C(=O)O)cc1N=Cc1ccn(C2CCCC2)c1. The standard InChI is InChI=1S/C18H20N2O2/c1-13-6-7-15(18(21)22)10-17(13)19-11-14-8-9-20(12-14)16-4-2-3-5-16/h6-12,16H,2-5H2,1H3,(H,21,22). The van der Waals surface area contributed by atoms with Gasteiger partial charge in [0.1, 0.15) is 0 Å². The number of benzene rings is 1. The van der Waals surface area contributed by atoms with Gasteiger partial charge in [-0.05, 0) is 43.5 Å². The first kappa shape index (κ1) is 14.6. The van der Waals surface area contributed by atoms with Gasteiger partial charge in [0.05, 0.1) is 11.3 Å². The van der Waals surface area contributed by atoms with Gasteiger partial charge in [0, 0.05) is 30.2 Å². The van der Waals surface area contributed by atoms with Crippen LogP contribution in [-0.2, 0) is 0 Å². The maximum Gasteiger partial charge on any atom is 0.335 e. The smallest absolute Gasteiger partial charge is 0.335 e. The molecule has 22 heavy (non-hydrogen) atoms. The molecule has 1 N–H and O–H groups in total. The van der Waals surface area contributed by atoms with Crippen molar-refractivity contribution < 1.29 is 9.90 Å². The van der Waals surface area contributed by atoms with Crippen molar-refractivity contribution in [2.75, 3.05) is 0 Å². The van der Waals surface area contributed by atoms with Crippen LogP contribution in [0.5, 0.6) is 0 Å². The molecule has 0 bridgehead atoms. The minimum absolute atomic E-state index is 0.265. The van der Waals surface area contributed by atoms with Crippen molar-refractivity contribution in [1.82, 2.24) is 4.57 Å². The first-order chi connectivity index (χ1) is 10.6. The number of aliphatic imine (C=N–C) groups is 1. The van der Waals surface area contributed by atoms with Gasteiger partial charge in [-0.2, -0.15) is 0 Å². The van der Waals surface area contributed by atoms with E-state index >= 15 is 0 Å². The van der Waals surface area contributed by atoms with Crippen LogP contribution in [-0.4, -0.2) is 21.9 Å². The summed E-state index contributed by atoms with van der Waals surface area (Å²) in [6, 6.07) is 7.69. The van der Waals surface area contributed by atoms with Crippen molar-refractivity contribution in [2.24, 2.45) is 4.99 Å². The van der Waals surface area contributed by atoms with Crippen LogP contribution < -0.4 is 0 Å². The monoisotopic (exact) mass is 296 g/mol. The van der Waals surface area contributed by atoms with Crippen molar-refractivity contribution in [2.45, 2.75) is 38.6 Å². The van der Waals surface area contributed by atoms with Crippen molar-refractivity contribution in [1.29, 1.82) is 0 Å². The van der Waals surface area contributed by atoms with E-state index in [9.17, 15) is 4.79 Å². The van der Waals surface area contributed by atoms with Gasteiger partial charge >= 0.3 is 5.97 Å². The van der Waals surface area contributed by atoms with E-state index in [2.05, 4.69) is 28.0 Å². The first-order valence-corrected chi connectivity index (χ1v) is 7.69. The Morgan fingerprint density at radius 2 is 2.09 bits per heavy atom. The topological polar surface area (TPSA) is 54.6 Å². The zero-order valence-corrected chi connectivity index (χ0v) is 12.7. The number of nitrogens with zero attached hydrogens (tertiary/aromatic N) is 2. The molecular weight excluding hydrogens is 276 g/mol. The number of aromatic nitrogens is 1. The second-order valence-electron chi connectivity index (χ2n) is 5.89. The fourth-order valence-electron chi connectivity index (χ4n) is 2.96.